The predicted molar refractivity (Wildman–Crippen MR) is 42.8 cm³/mol. The molecular formula is C9H13NO. The Morgan fingerprint density at radius 2 is 2.09 bits per heavy atom. The second-order valence-corrected chi connectivity index (χ2v) is 3.63. The van der Waals surface area contributed by atoms with Crippen LogP contribution in [0.5, 0.6) is 0 Å². The van der Waals surface area contributed by atoms with Crippen molar-refractivity contribution in [1.82, 2.24) is 4.90 Å². The molecule has 2 heterocycles. The molecule has 0 radical (unpaired) electrons. The first-order chi connectivity index (χ1) is 5.13. The molecule has 0 N–H and O–H groups in total. The second-order valence-electron chi connectivity index (χ2n) is 3.63. The van der Waals surface area contributed by atoms with Gasteiger partial charge in [-0.15, -0.1) is 0 Å². The highest BCUT2D eigenvalue weighted by Crippen LogP contribution is 2.41. The molecule has 2 aliphatic heterocycles. The van der Waals surface area contributed by atoms with Crippen LogP contribution in [0.2, 0.25) is 0 Å². The van der Waals surface area contributed by atoms with Gasteiger partial charge in [-0.05, 0) is 20.3 Å². The molecule has 0 spiro atoms. The van der Waals surface area contributed by atoms with Crippen LogP contribution in [0.1, 0.15) is 27.2 Å². The summed E-state index contributed by atoms with van der Waals surface area (Å²) in [5.74, 6) is 0.576. The molecule has 11 heavy (non-hydrogen) atoms. The fourth-order valence-corrected chi connectivity index (χ4v) is 2.04. The molecule has 2 aliphatic rings. The van der Waals surface area contributed by atoms with Crippen LogP contribution in [0.4, 0.5) is 0 Å². The molecule has 2 unspecified atom stereocenters. The standard InChI is InChI=1S/C9H13NO/c1-5-4-8-6(2)9(11)10(8)7(5)3/h6,8H,4H2,1-3H3. The summed E-state index contributed by atoms with van der Waals surface area (Å²) in [7, 11) is 0. The van der Waals surface area contributed by atoms with Gasteiger partial charge in [0.2, 0.25) is 5.91 Å². The van der Waals surface area contributed by atoms with Gasteiger partial charge in [0.15, 0.2) is 0 Å². The Balaban J connectivity index is 2.28. The van der Waals surface area contributed by atoms with Crippen LogP contribution in [-0.4, -0.2) is 16.8 Å². The topological polar surface area (TPSA) is 20.3 Å². The van der Waals surface area contributed by atoms with Crippen LogP contribution in [0, 0.1) is 5.92 Å². The highest BCUT2D eigenvalue weighted by Gasteiger charge is 2.48. The summed E-state index contributed by atoms with van der Waals surface area (Å²) in [5.41, 5.74) is 2.57. The quantitative estimate of drug-likeness (QED) is 0.481. The minimum Gasteiger partial charge on any atom is -0.312 e. The minimum absolute atomic E-state index is 0.266. The normalized spacial score (nSPS) is 35.9. The first kappa shape index (κ1) is 6.89. The molecule has 60 valence electrons. The van der Waals surface area contributed by atoms with Crippen molar-refractivity contribution in [2.75, 3.05) is 0 Å². The number of amides is 1. The number of carbonyl (C=O) groups excluding carboxylic acids is 1. The first-order valence-electron chi connectivity index (χ1n) is 4.12. The van der Waals surface area contributed by atoms with Crippen molar-refractivity contribution in [1.29, 1.82) is 0 Å². The van der Waals surface area contributed by atoms with Gasteiger partial charge in [-0.1, -0.05) is 12.5 Å². The zero-order valence-corrected chi connectivity index (χ0v) is 7.22. The van der Waals surface area contributed by atoms with Crippen molar-refractivity contribution >= 4 is 5.91 Å². The van der Waals surface area contributed by atoms with Gasteiger partial charge in [-0.3, -0.25) is 4.79 Å². The molecule has 0 saturated carbocycles. The maximum absolute atomic E-state index is 11.3. The molecule has 0 aliphatic carbocycles. The monoisotopic (exact) mass is 151 g/mol. The molecule has 2 nitrogen and oxygen atoms in total. The third kappa shape index (κ3) is 0.647. The van der Waals surface area contributed by atoms with E-state index in [-0.39, 0.29) is 5.92 Å². The van der Waals surface area contributed by atoms with Gasteiger partial charge in [-0.25, -0.2) is 0 Å². The first-order valence-corrected chi connectivity index (χ1v) is 4.12. The molecule has 0 aromatic carbocycles. The molecule has 2 heteroatoms. The van der Waals surface area contributed by atoms with Gasteiger partial charge in [0.25, 0.3) is 0 Å². The van der Waals surface area contributed by atoms with E-state index in [0.29, 0.717) is 11.9 Å². The van der Waals surface area contributed by atoms with Crippen molar-refractivity contribution in [2.24, 2.45) is 5.92 Å². The van der Waals surface area contributed by atoms with Crippen LogP contribution >= 0.6 is 0 Å². The Kier molecular flexibility index (Phi) is 1.17. The number of rotatable bonds is 0. The molecular weight excluding hydrogens is 138 g/mol. The minimum atomic E-state index is 0.266. The number of carbonyl (C=O) groups is 1. The number of fused-ring (bicyclic) bond motifs is 1. The summed E-state index contributed by atoms with van der Waals surface area (Å²) in [5, 5.41) is 0. The highest BCUT2D eigenvalue weighted by atomic mass is 16.2. The molecule has 0 aromatic rings. The lowest BCUT2D eigenvalue weighted by Gasteiger charge is -2.42. The average molecular weight is 151 g/mol. The average Bonchev–Trinajstić information content (AvgIpc) is 2.26. The lowest BCUT2D eigenvalue weighted by Crippen LogP contribution is -2.55. The van der Waals surface area contributed by atoms with Crippen molar-refractivity contribution in [3.05, 3.63) is 11.3 Å². The van der Waals surface area contributed by atoms with E-state index < -0.39 is 0 Å². The summed E-state index contributed by atoms with van der Waals surface area (Å²) in [6.45, 7) is 6.18. The zero-order chi connectivity index (χ0) is 8.17. The van der Waals surface area contributed by atoms with Crippen molar-refractivity contribution < 1.29 is 4.79 Å². The summed E-state index contributed by atoms with van der Waals surface area (Å²) in [6, 6.07) is 0.502. The van der Waals surface area contributed by atoms with E-state index in [0.717, 1.165) is 6.42 Å². The van der Waals surface area contributed by atoms with E-state index in [2.05, 4.69) is 6.92 Å². The third-order valence-electron chi connectivity index (χ3n) is 3.03. The number of hydrogen-bond donors (Lipinski definition) is 0. The number of allylic oxidation sites excluding steroid dienone is 1. The molecule has 1 fully saturated rings. The highest BCUT2D eigenvalue weighted by molar-refractivity contribution is 5.88. The third-order valence-corrected chi connectivity index (χ3v) is 3.03. The Labute approximate surface area is 66.9 Å². The summed E-state index contributed by atoms with van der Waals surface area (Å²) >= 11 is 0. The summed E-state index contributed by atoms with van der Waals surface area (Å²) < 4.78 is 0. The molecule has 1 amide bonds. The molecule has 2 rings (SSSR count). The van der Waals surface area contributed by atoms with Crippen molar-refractivity contribution in [2.45, 2.75) is 33.2 Å². The van der Waals surface area contributed by atoms with Crippen LogP contribution in [-0.2, 0) is 4.79 Å². The van der Waals surface area contributed by atoms with E-state index in [1.165, 1.54) is 11.3 Å². The van der Waals surface area contributed by atoms with E-state index >= 15 is 0 Å². The molecule has 0 aromatic heterocycles. The van der Waals surface area contributed by atoms with Gasteiger partial charge in [-0.2, -0.15) is 0 Å². The van der Waals surface area contributed by atoms with Gasteiger partial charge < -0.3 is 4.90 Å². The van der Waals surface area contributed by atoms with E-state index in [4.69, 9.17) is 0 Å². The fraction of sp³-hybridized carbons (Fsp3) is 0.667. The Morgan fingerprint density at radius 3 is 2.64 bits per heavy atom. The maximum atomic E-state index is 11.3. The zero-order valence-electron chi connectivity index (χ0n) is 7.22. The SMILES string of the molecule is CC1=C(C)N2C(=O)C(C)C2C1. The maximum Gasteiger partial charge on any atom is 0.231 e. The lowest BCUT2D eigenvalue weighted by molar-refractivity contribution is -0.149. The summed E-state index contributed by atoms with van der Waals surface area (Å²) in [6.07, 6.45) is 1.10. The Bertz CT molecular complexity index is 254. The Hall–Kier alpha value is -0.790. The largest absolute Gasteiger partial charge is 0.312 e. The number of nitrogens with zero attached hydrogens (tertiary/aromatic N) is 1. The smallest absolute Gasteiger partial charge is 0.231 e. The predicted octanol–water partition coefficient (Wildman–Crippen LogP) is 1.53. The van der Waals surface area contributed by atoms with Crippen LogP contribution in [0.3, 0.4) is 0 Å². The van der Waals surface area contributed by atoms with Gasteiger partial charge in [0, 0.05) is 5.70 Å². The lowest BCUT2D eigenvalue weighted by atomic mass is 9.89. The Morgan fingerprint density at radius 1 is 1.45 bits per heavy atom. The molecule has 0 bridgehead atoms. The summed E-state index contributed by atoms with van der Waals surface area (Å²) in [4.78, 5) is 13.2. The van der Waals surface area contributed by atoms with E-state index in [1.54, 1.807) is 0 Å². The van der Waals surface area contributed by atoms with E-state index in [1.807, 2.05) is 18.7 Å². The van der Waals surface area contributed by atoms with Gasteiger partial charge >= 0.3 is 0 Å². The second kappa shape index (κ2) is 1.87. The molecule has 2 atom stereocenters. The van der Waals surface area contributed by atoms with Crippen LogP contribution in [0.15, 0.2) is 11.3 Å². The number of β-lactam (4-membered cyclic amide) rings is 1. The molecule has 1 saturated heterocycles. The number of hydrogen-bond acceptors (Lipinski definition) is 1. The fourth-order valence-electron chi connectivity index (χ4n) is 2.04. The van der Waals surface area contributed by atoms with Crippen LogP contribution in [0.25, 0.3) is 0 Å². The van der Waals surface area contributed by atoms with Crippen LogP contribution < -0.4 is 0 Å². The van der Waals surface area contributed by atoms with Gasteiger partial charge in [0.05, 0.1) is 12.0 Å². The van der Waals surface area contributed by atoms with Gasteiger partial charge in [0.1, 0.15) is 0 Å². The van der Waals surface area contributed by atoms with Crippen molar-refractivity contribution in [3.63, 3.8) is 0 Å². The van der Waals surface area contributed by atoms with Crippen molar-refractivity contribution in [3.8, 4) is 0 Å². The van der Waals surface area contributed by atoms with E-state index in [9.17, 15) is 4.79 Å².